The SMILES string of the molecule is CCCCCCCCCCCCc1cc(C(=O)NC[C@@H](C)OC(=O)c2ccc3c(c2)C2C4C=CC=CC4C3C3c4cc(C(=O)O[C@H](C)CNC(=O)c5cc(CCCCCCCCCCCC)c(CCCCCCCCCCCC)c(CCCCCCCCCCCC)c5)ccc4C2C2C=CC=CC23)cc(CCCCCCCCCCCC)c1CCCCCCCCCCCC. The van der Waals surface area contributed by atoms with Crippen LogP contribution < -0.4 is 10.6 Å². The molecule has 8 aliphatic rings. The number of rotatable bonds is 76. The number of carbonyl (C=O) groups excluding carboxylic acids is 4. The molecule has 4 aromatic rings. The molecule has 8 aliphatic carbocycles. The summed E-state index contributed by atoms with van der Waals surface area (Å²) in [7, 11) is 0. The van der Waals surface area contributed by atoms with Gasteiger partial charge in [-0.2, -0.15) is 0 Å². The summed E-state index contributed by atoms with van der Waals surface area (Å²) in [4.78, 5) is 59.3. The summed E-state index contributed by atoms with van der Waals surface area (Å²) >= 11 is 0. The second-order valence-electron chi connectivity index (χ2n) is 41.6. The summed E-state index contributed by atoms with van der Waals surface area (Å²) in [5.41, 5.74) is 16.2. The van der Waals surface area contributed by atoms with E-state index in [0.29, 0.717) is 11.1 Å². The van der Waals surface area contributed by atoms with Crippen LogP contribution >= 0.6 is 0 Å². The van der Waals surface area contributed by atoms with E-state index in [1.165, 1.54) is 415 Å². The first-order chi connectivity index (χ1) is 63.9. The van der Waals surface area contributed by atoms with Crippen molar-refractivity contribution in [2.75, 3.05) is 13.1 Å². The number of aryl methyl sites for hydroxylation is 4. The predicted octanol–water partition coefficient (Wildman–Crippen LogP) is 35.2. The van der Waals surface area contributed by atoms with Gasteiger partial charge in [-0.1, -0.05) is 449 Å². The molecule has 1 saturated carbocycles. The Morgan fingerprint density at radius 3 is 0.669 bits per heavy atom. The molecule has 2 N–H and O–H groups in total. The first-order valence-electron chi connectivity index (χ1n) is 56.2. The van der Waals surface area contributed by atoms with Crippen LogP contribution in [0.4, 0.5) is 0 Å². The molecule has 130 heavy (non-hydrogen) atoms. The van der Waals surface area contributed by atoms with Crippen LogP contribution in [0.5, 0.6) is 0 Å². The second kappa shape index (κ2) is 64.6. The molecular formula is C122H190N2O6. The molecule has 0 heterocycles. The normalized spacial score (nSPS) is 18.3. The summed E-state index contributed by atoms with van der Waals surface area (Å²) in [6.07, 6.45) is 102. The third-order valence-electron chi connectivity index (χ3n) is 30.8. The highest BCUT2D eigenvalue weighted by atomic mass is 16.5. The fourth-order valence-corrected chi connectivity index (χ4v) is 23.3. The third kappa shape index (κ3) is 36.7. The van der Waals surface area contributed by atoms with Gasteiger partial charge < -0.3 is 20.1 Å². The molecule has 1 fully saturated rings. The van der Waals surface area contributed by atoms with E-state index in [-0.39, 0.29) is 84.2 Å². The third-order valence-corrected chi connectivity index (χ3v) is 30.8. The highest BCUT2D eigenvalue weighted by Crippen LogP contribution is 2.69. The van der Waals surface area contributed by atoms with Gasteiger partial charge in [0.25, 0.3) is 11.8 Å². The van der Waals surface area contributed by atoms with E-state index in [9.17, 15) is 19.2 Å². The quantitative estimate of drug-likeness (QED) is 0.0337. The van der Waals surface area contributed by atoms with E-state index >= 15 is 0 Å². The molecule has 8 heteroatoms. The molecule has 10 atom stereocenters. The maximum atomic E-state index is 14.9. The van der Waals surface area contributed by atoms with Gasteiger partial charge in [-0.05, 0) is 242 Å². The minimum absolute atomic E-state index is 0.0330. The monoisotopic (exact) mass is 1780 g/mol. The number of amides is 2. The number of nitrogens with one attached hydrogen (secondary N) is 2. The van der Waals surface area contributed by atoms with Crippen LogP contribution in [0.15, 0.2) is 109 Å². The second-order valence-corrected chi connectivity index (χ2v) is 41.6. The Hall–Kier alpha value is -6.28. The van der Waals surface area contributed by atoms with Gasteiger partial charge in [0.05, 0.1) is 24.2 Å². The Kier molecular flexibility index (Phi) is 53.4. The number of esters is 2. The van der Waals surface area contributed by atoms with E-state index in [1.54, 1.807) is 0 Å². The Morgan fingerprint density at radius 2 is 0.446 bits per heavy atom. The van der Waals surface area contributed by atoms with Gasteiger partial charge in [0.2, 0.25) is 0 Å². The van der Waals surface area contributed by atoms with Crippen molar-refractivity contribution in [3.05, 3.63) is 187 Å². The Bertz CT molecular complexity index is 3600. The number of benzene rings is 4. The van der Waals surface area contributed by atoms with E-state index in [2.05, 4.69) is 149 Å². The zero-order chi connectivity index (χ0) is 91.8. The molecule has 0 saturated heterocycles. The molecule has 0 radical (unpaired) electrons. The molecular weight excluding hydrogens is 1590 g/mol. The van der Waals surface area contributed by atoms with E-state index in [0.717, 1.165) is 75.3 Å². The van der Waals surface area contributed by atoms with Crippen molar-refractivity contribution in [3.8, 4) is 0 Å². The molecule has 8 nitrogen and oxygen atoms in total. The number of ether oxygens (including phenoxy) is 2. The predicted molar refractivity (Wildman–Crippen MR) is 555 cm³/mol. The van der Waals surface area contributed by atoms with Crippen LogP contribution in [0.3, 0.4) is 0 Å². The molecule has 0 aliphatic heterocycles. The molecule has 12 rings (SSSR count). The van der Waals surface area contributed by atoms with Gasteiger partial charge >= 0.3 is 11.9 Å². The van der Waals surface area contributed by atoms with Gasteiger partial charge in [0.1, 0.15) is 12.2 Å². The summed E-state index contributed by atoms with van der Waals surface area (Å²) in [5, 5.41) is 6.60. The van der Waals surface area contributed by atoms with Crippen molar-refractivity contribution >= 4 is 23.8 Å². The maximum absolute atomic E-state index is 14.9. The maximum Gasteiger partial charge on any atom is 0.338 e. The lowest BCUT2D eigenvalue weighted by Crippen LogP contribution is -2.49. The first kappa shape index (κ1) is 107. The Morgan fingerprint density at radius 1 is 0.246 bits per heavy atom. The summed E-state index contributed by atoms with van der Waals surface area (Å²) in [5.74, 6) is 0.0867. The number of carbonyl (C=O) groups is 4. The van der Waals surface area contributed by atoms with Gasteiger partial charge in [-0.25, -0.2) is 9.59 Å². The standard InChI is InChI=1S/C122H190N2O6/c1-9-15-21-27-33-39-45-51-57-63-73-97-87-103(88-98(74-64-58-52-46-40-34-28-22-16-10-2)105(97)77-67-61-55-49-43-37-31-25-19-13-5)119(125)123-93-95(7)129-121(127)101-83-85-111-113(91-101)117-109-81-71-69-79-107(109)115(111)118-110-82-72-70-80-108(110)116(117)112-86-84-102(92-114(112)118)122(128)130-96(8)94-124-120(126)104-89-99(75-65-59-53-47-41-35-29-23-17-11-3)106(78-68-62-56-50-44-38-32-26-20-14-6)100(90-104)76-66-60-54-48-42-36-30-24-18-12-4/h69-72,79-92,95-96,107-110,115-118H,9-68,73-78,93-94H2,1-8H3,(H,123,125)(H,124,126)/t95-,96-,107?,108?,109?,110?,115?,116?,117?,118?/m1/s1. The molecule has 8 unspecified atom stereocenters. The largest absolute Gasteiger partial charge is 0.457 e. The smallest absolute Gasteiger partial charge is 0.338 e. The van der Waals surface area contributed by atoms with E-state index in [1.807, 2.05) is 26.0 Å². The van der Waals surface area contributed by atoms with E-state index < -0.39 is 12.2 Å². The van der Waals surface area contributed by atoms with Crippen LogP contribution in [0.25, 0.3) is 0 Å². The van der Waals surface area contributed by atoms with E-state index in [4.69, 9.17) is 9.47 Å². The fourth-order valence-electron chi connectivity index (χ4n) is 23.3. The summed E-state index contributed by atoms with van der Waals surface area (Å²) in [6.45, 7) is 18.1. The fraction of sp³-hybridized carbons (Fsp3) is 0.705. The molecule has 4 bridgehead atoms. The van der Waals surface area contributed by atoms with Crippen molar-refractivity contribution in [1.82, 2.24) is 10.6 Å². The number of allylic oxidation sites excluding steroid dienone is 8. The molecule has 0 spiro atoms. The van der Waals surface area contributed by atoms with Crippen molar-refractivity contribution in [1.29, 1.82) is 0 Å². The van der Waals surface area contributed by atoms with Crippen molar-refractivity contribution in [2.45, 2.75) is 515 Å². The highest BCUT2D eigenvalue weighted by Gasteiger charge is 2.58. The lowest BCUT2D eigenvalue weighted by Gasteiger charge is -2.59. The van der Waals surface area contributed by atoms with Gasteiger partial charge in [-0.15, -0.1) is 0 Å². The Balaban J connectivity index is 0.881. The minimum atomic E-state index is -0.564. The molecule has 4 aromatic carbocycles. The van der Waals surface area contributed by atoms with Crippen molar-refractivity contribution in [2.24, 2.45) is 23.7 Å². The zero-order valence-corrected chi connectivity index (χ0v) is 84.7. The Labute approximate surface area is 797 Å². The molecule has 0 aromatic heterocycles. The van der Waals surface area contributed by atoms with Gasteiger partial charge in [0, 0.05) is 11.1 Å². The summed E-state index contributed by atoms with van der Waals surface area (Å²) in [6, 6.07) is 21.8. The van der Waals surface area contributed by atoms with Crippen molar-refractivity contribution in [3.63, 3.8) is 0 Å². The van der Waals surface area contributed by atoms with Gasteiger partial charge in [-0.3, -0.25) is 9.59 Å². The number of unbranched alkanes of at least 4 members (excludes halogenated alkanes) is 54. The van der Waals surface area contributed by atoms with Gasteiger partial charge in [0.15, 0.2) is 0 Å². The highest BCUT2D eigenvalue weighted by molar-refractivity contribution is 5.96. The van der Waals surface area contributed by atoms with Crippen LogP contribution in [0, 0.1) is 23.7 Å². The van der Waals surface area contributed by atoms with Crippen LogP contribution in [0.1, 0.15) is 561 Å². The average Bonchev–Trinajstić information content (AvgIpc) is 0.685. The lowest BCUT2D eigenvalue weighted by molar-refractivity contribution is 0.0330. The molecule has 2 amide bonds. The first-order valence-corrected chi connectivity index (χ1v) is 56.2. The summed E-state index contributed by atoms with van der Waals surface area (Å²) < 4.78 is 12.8. The minimum Gasteiger partial charge on any atom is -0.457 e. The lowest BCUT2D eigenvalue weighted by atomic mass is 9.44. The zero-order valence-electron chi connectivity index (χ0n) is 84.7. The topological polar surface area (TPSA) is 111 Å². The number of hydrogen-bond donors (Lipinski definition) is 2. The van der Waals surface area contributed by atoms with Crippen LogP contribution in [0.2, 0.25) is 0 Å². The van der Waals surface area contributed by atoms with Crippen LogP contribution in [-0.2, 0) is 48.0 Å². The van der Waals surface area contributed by atoms with Crippen molar-refractivity contribution < 1.29 is 28.7 Å². The van der Waals surface area contributed by atoms with Crippen LogP contribution in [-0.4, -0.2) is 49.1 Å². The molecule has 724 valence electrons. The number of hydrogen-bond acceptors (Lipinski definition) is 6. The average molecular weight is 1780 g/mol.